The maximum absolute atomic E-state index is 14.1. The number of carbonyl (C=O) groups is 1. The molecule has 1 aromatic heterocycles. The number of hydrogen-bond acceptors (Lipinski definition) is 4. The maximum Gasteiger partial charge on any atom is 0.340 e. The smallest absolute Gasteiger partial charge is 0.340 e. The Morgan fingerprint density at radius 2 is 1.94 bits per heavy atom. The highest BCUT2D eigenvalue weighted by Gasteiger charge is 2.32. The molecule has 0 amide bonds. The monoisotopic (exact) mass is 473 g/mol. The van der Waals surface area contributed by atoms with Gasteiger partial charge >= 0.3 is 5.97 Å². The molecule has 6 heteroatoms. The zero-order valence-electron chi connectivity index (χ0n) is 19.9. The van der Waals surface area contributed by atoms with Crippen molar-refractivity contribution >= 4 is 16.9 Å². The molecular formula is C29H28FNO4. The minimum Gasteiger partial charge on any atom is -0.489 e. The van der Waals surface area contributed by atoms with Crippen LogP contribution in [0.2, 0.25) is 0 Å². The highest BCUT2D eigenvalue weighted by atomic mass is 19.1. The van der Waals surface area contributed by atoms with Crippen molar-refractivity contribution in [3.63, 3.8) is 0 Å². The molecule has 35 heavy (non-hydrogen) atoms. The number of esters is 1. The summed E-state index contributed by atoms with van der Waals surface area (Å²) < 4.78 is 33.7. The van der Waals surface area contributed by atoms with Gasteiger partial charge in [0.05, 0.1) is 29.5 Å². The number of rotatable bonds is 7. The van der Waals surface area contributed by atoms with Gasteiger partial charge in [-0.3, -0.25) is 0 Å². The zero-order chi connectivity index (χ0) is 24.4. The quantitative estimate of drug-likeness (QED) is 0.281. The topological polar surface area (TPSA) is 49.7 Å². The number of benzene rings is 3. The minimum atomic E-state index is -0.402. The minimum absolute atomic E-state index is 0.260. The summed E-state index contributed by atoms with van der Waals surface area (Å²) in [4.78, 5) is 13.3. The Balaban J connectivity index is 1.69. The molecule has 180 valence electrons. The molecule has 3 aromatic carbocycles. The molecule has 0 saturated carbocycles. The van der Waals surface area contributed by atoms with Gasteiger partial charge in [-0.25, -0.2) is 9.18 Å². The van der Waals surface area contributed by atoms with Gasteiger partial charge in [-0.15, -0.1) is 0 Å². The SMILES string of the molecule is CCOC(=O)c1c([C@H]2CCCO2)n(-c2ccc(F)c(C)c2)c2ccc(OCc3ccccc3)cc12. The van der Waals surface area contributed by atoms with Crippen molar-refractivity contribution in [3.05, 3.63) is 94.9 Å². The van der Waals surface area contributed by atoms with Crippen LogP contribution in [0.1, 0.15) is 53.0 Å². The molecule has 0 N–H and O–H groups in total. The Morgan fingerprint density at radius 1 is 1.11 bits per heavy atom. The summed E-state index contributed by atoms with van der Waals surface area (Å²) in [6, 6.07) is 20.6. The Bertz CT molecular complexity index is 1360. The first-order valence-electron chi connectivity index (χ1n) is 12.0. The van der Waals surface area contributed by atoms with Crippen molar-refractivity contribution in [2.24, 2.45) is 0 Å². The molecule has 1 atom stereocenters. The predicted molar refractivity (Wildman–Crippen MR) is 133 cm³/mol. The van der Waals surface area contributed by atoms with Crippen LogP contribution in [-0.4, -0.2) is 23.8 Å². The molecule has 1 saturated heterocycles. The Morgan fingerprint density at radius 3 is 2.66 bits per heavy atom. The third kappa shape index (κ3) is 4.54. The number of aryl methyl sites for hydroxylation is 1. The summed E-state index contributed by atoms with van der Waals surface area (Å²) in [7, 11) is 0. The summed E-state index contributed by atoms with van der Waals surface area (Å²) >= 11 is 0. The van der Waals surface area contributed by atoms with Crippen LogP contribution in [0.5, 0.6) is 5.75 Å². The molecule has 0 bridgehead atoms. The number of nitrogens with zero attached hydrogens (tertiary/aromatic N) is 1. The lowest BCUT2D eigenvalue weighted by Gasteiger charge is -2.17. The fraction of sp³-hybridized carbons (Fsp3) is 0.276. The normalized spacial score (nSPS) is 15.5. The van der Waals surface area contributed by atoms with Crippen LogP contribution in [0.3, 0.4) is 0 Å². The molecule has 1 aliphatic heterocycles. The van der Waals surface area contributed by atoms with E-state index in [1.165, 1.54) is 6.07 Å². The zero-order valence-corrected chi connectivity index (χ0v) is 19.9. The number of aromatic nitrogens is 1. The summed E-state index contributed by atoms with van der Waals surface area (Å²) in [5, 5.41) is 0.724. The summed E-state index contributed by atoms with van der Waals surface area (Å²) in [6.07, 6.45) is 1.43. The average molecular weight is 474 g/mol. The van der Waals surface area contributed by atoms with Gasteiger partial charge in [0.2, 0.25) is 0 Å². The van der Waals surface area contributed by atoms with E-state index < -0.39 is 5.97 Å². The van der Waals surface area contributed by atoms with Gasteiger partial charge in [-0.05, 0) is 74.2 Å². The summed E-state index contributed by atoms with van der Waals surface area (Å²) in [5.41, 5.74) is 4.38. The number of halogens is 1. The molecule has 4 aromatic rings. The first-order chi connectivity index (χ1) is 17.1. The molecule has 0 aliphatic carbocycles. The van der Waals surface area contributed by atoms with E-state index in [1.807, 2.05) is 53.1 Å². The third-order valence-corrected chi connectivity index (χ3v) is 6.34. The highest BCUT2D eigenvalue weighted by Crippen LogP contribution is 2.40. The molecule has 1 aliphatic rings. The molecule has 0 spiro atoms. The maximum atomic E-state index is 14.1. The van der Waals surface area contributed by atoms with E-state index in [9.17, 15) is 9.18 Å². The Hall–Kier alpha value is -3.64. The lowest BCUT2D eigenvalue weighted by atomic mass is 10.1. The van der Waals surface area contributed by atoms with Crippen molar-refractivity contribution in [2.45, 2.75) is 39.4 Å². The van der Waals surface area contributed by atoms with Crippen molar-refractivity contribution in [1.29, 1.82) is 0 Å². The van der Waals surface area contributed by atoms with E-state index in [0.717, 1.165) is 40.7 Å². The number of hydrogen-bond donors (Lipinski definition) is 0. The second kappa shape index (κ2) is 9.92. The van der Waals surface area contributed by atoms with Gasteiger partial charge in [0.15, 0.2) is 0 Å². The first-order valence-corrected chi connectivity index (χ1v) is 12.0. The summed E-state index contributed by atoms with van der Waals surface area (Å²) in [6.45, 7) is 4.83. The molecule has 5 rings (SSSR count). The van der Waals surface area contributed by atoms with Gasteiger partial charge in [0.1, 0.15) is 18.2 Å². The van der Waals surface area contributed by atoms with E-state index >= 15 is 0 Å². The van der Waals surface area contributed by atoms with E-state index in [-0.39, 0.29) is 18.5 Å². The lowest BCUT2D eigenvalue weighted by Crippen LogP contribution is -2.13. The predicted octanol–water partition coefficient (Wildman–Crippen LogP) is 6.69. The molecule has 1 fully saturated rings. The molecule has 5 nitrogen and oxygen atoms in total. The molecule has 2 heterocycles. The number of carbonyl (C=O) groups excluding carboxylic acids is 1. The number of ether oxygens (including phenoxy) is 3. The van der Waals surface area contributed by atoms with Gasteiger partial charge < -0.3 is 18.8 Å². The van der Waals surface area contributed by atoms with E-state index in [4.69, 9.17) is 14.2 Å². The van der Waals surface area contributed by atoms with Crippen LogP contribution in [0.25, 0.3) is 16.6 Å². The van der Waals surface area contributed by atoms with Crippen LogP contribution < -0.4 is 4.74 Å². The second-order valence-electron chi connectivity index (χ2n) is 8.70. The van der Waals surface area contributed by atoms with Crippen LogP contribution in [0, 0.1) is 12.7 Å². The first kappa shape index (κ1) is 23.1. The van der Waals surface area contributed by atoms with E-state index in [1.54, 1.807) is 26.0 Å². The standard InChI is InChI=1S/C29H28FNO4/c1-3-33-29(32)27-23-17-22(35-18-20-8-5-4-6-9-20)12-14-25(23)31(28(27)26-10-7-15-34-26)21-11-13-24(30)19(2)16-21/h4-6,8-9,11-14,16-17,26H,3,7,10,15,18H2,1-2H3/t26-/m1/s1. The second-order valence-corrected chi connectivity index (χ2v) is 8.70. The van der Waals surface area contributed by atoms with Crippen LogP contribution in [-0.2, 0) is 16.1 Å². The van der Waals surface area contributed by atoms with Gasteiger partial charge in [0.25, 0.3) is 0 Å². The average Bonchev–Trinajstić information content (AvgIpc) is 3.51. The fourth-order valence-corrected chi connectivity index (χ4v) is 4.68. The van der Waals surface area contributed by atoms with Crippen molar-refractivity contribution < 1.29 is 23.4 Å². The van der Waals surface area contributed by atoms with Crippen molar-refractivity contribution in [2.75, 3.05) is 13.2 Å². The van der Waals surface area contributed by atoms with Crippen LogP contribution in [0.15, 0.2) is 66.7 Å². The van der Waals surface area contributed by atoms with E-state index in [0.29, 0.717) is 30.1 Å². The Labute approximate surface area is 204 Å². The molecule has 0 radical (unpaired) electrons. The highest BCUT2D eigenvalue weighted by molar-refractivity contribution is 6.07. The Kier molecular flexibility index (Phi) is 6.55. The van der Waals surface area contributed by atoms with Crippen LogP contribution >= 0.6 is 0 Å². The van der Waals surface area contributed by atoms with Gasteiger partial charge in [-0.1, -0.05) is 30.3 Å². The van der Waals surface area contributed by atoms with Gasteiger partial charge in [0, 0.05) is 17.7 Å². The third-order valence-electron chi connectivity index (χ3n) is 6.34. The van der Waals surface area contributed by atoms with Crippen LogP contribution in [0.4, 0.5) is 4.39 Å². The van der Waals surface area contributed by atoms with Crippen molar-refractivity contribution in [3.8, 4) is 11.4 Å². The van der Waals surface area contributed by atoms with Crippen molar-refractivity contribution in [1.82, 2.24) is 4.57 Å². The largest absolute Gasteiger partial charge is 0.489 e. The molecule has 0 unspecified atom stereocenters. The molecular weight excluding hydrogens is 445 g/mol. The van der Waals surface area contributed by atoms with E-state index in [2.05, 4.69) is 0 Å². The number of fused-ring (bicyclic) bond motifs is 1. The van der Waals surface area contributed by atoms with Gasteiger partial charge in [-0.2, -0.15) is 0 Å². The fourth-order valence-electron chi connectivity index (χ4n) is 4.68. The summed E-state index contributed by atoms with van der Waals surface area (Å²) in [5.74, 6) is -0.0230. The lowest BCUT2D eigenvalue weighted by molar-refractivity contribution is 0.0515.